The number of aliphatic hydroxyl groups is 1. The van der Waals surface area contributed by atoms with E-state index in [2.05, 4.69) is 0 Å². The van der Waals surface area contributed by atoms with Crippen molar-refractivity contribution in [2.75, 3.05) is 4.90 Å². The molecule has 3 aromatic carbocycles. The number of fused-ring (bicyclic) bond motifs is 2. The van der Waals surface area contributed by atoms with E-state index in [0.29, 0.717) is 39.7 Å². The zero-order valence-electron chi connectivity index (χ0n) is 16.5. The summed E-state index contributed by atoms with van der Waals surface area (Å²) in [4.78, 5) is 28.6. The van der Waals surface area contributed by atoms with Crippen LogP contribution in [-0.4, -0.2) is 16.8 Å². The van der Waals surface area contributed by atoms with Crippen molar-refractivity contribution in [3.8, 4) is 0 Å². The number of nitrogens with zero attached hydrogens (tertiary/aromatic N) is 1. The van der Waals surface area contributed by atoms with Gasteiger partial charge in [0.1, 0.15) is 0 Å². The van der Waals surface area contributed by atoms with Crippen LogP contribution in [0.3, 0.4) is 0 Å². The van der Waals surface area contributed by atoms with Gasteiger partial charge in [0.2, 0.25) is 0 Å². The van der Waals surface area contributed by atoms with Crippen LogP contribution >= 0.6 is 23.2 Å². The van der Waals surface area contributed by atoms with Crippen molar-refractivity contribution in [2.45, 2.75) is 25.0 Å². The van der Waals surface area contributed by atoms with Gasteiger partial charge in [-0.25, -0.2) is 0 Å². The lowest BCUT2D eigenvalue weighted by Gasteiger charge is -2.34. The quantitative estimate of drug-likeness (QED) is 0.597. The number of hydrogen-bond acceptors (Lipinski definition) is 3. The van der Waals surface area contributed by atoms with E-state index in [1.807, 2.05) is 30.3 Å². The lowest BCUT2D eigenvalue weighted by atomic mass is 9.71. The van der Waals surface area contributed by atoms with Crippen LogP contribution in [0.1, 0.15) is 33.5 Å². The summed E-state index contributed by atoms with van der Waals surface area (Å²) in [5.74, 6) is -1.63. The second kappa shape index (κ2) is 7.49. The summed E-state index contributed by atoms with van der Waals surface area (Å²) in [6.45, 7) is 0.187. The minimum absolute atomic E-state index is 0.187. The number of halogens is 2. The lowest BCUT2D eigenvalue weighted by molar-refractivity contribution is -0.140. The minimum atomic E-state index is -1.98. The maximum Gasteiger partial charge on any atom is 0.264 e. The fourth-order valence-corrected chi connectivity index (χ4v) is 5.13. The molecule has 4 nitrogen and oxygen atoms in total. The predicted octanol–water partition coefficient (Wildman–Crippen LogP) is 5.17. The molecule has 2 atom stereocenters. The standard InChI is InChI=1S/C25H19Cl2NO3/c26-17-10-12-22-20(13-17)25(31,19-11-9-15-5-1-3-7-18(15)23(19)29)24(30)28(22)14-16-6-2-4-8-21(16)27/h1-8,10,12-13,19,31H,9,11,14H2/t19-,25-/m1/s1. The SMILES string of the molecule is O=C1c2ccccc2CC[C@H]1[C@]1(O)C(=O)N(Cc2ccccc2Cl)c2ccc(Cl)cc21. The molecule has 0 aromatic heterocycles. The summed E-state index contributed by atoms with van der Waals surface area (Å²) in [6.07, 6.45) is 0.993. The van der Waals surface area contributed by atoms with E-state index in [-0.39, 0.29) is 12.3 Å². The molecule has 0 saturated carbocycles. The molecule has 1 amide bonds. The Hall–Kier alpha value is -2.66. The van der Waals surface area contributed by atoms with Crippen molar-refractivity contribution in [1.82, 2.24) is 0 Å². The number of carbonyl (C=O) groups is 2. The first kappa shape index (κ1) is 20.3. The highest BCUT2D eigenvalue weighted by atomic mass is 35.5. The Bertz CT molecular complexity index is 1220. The molecule has 0 saturated heterocycles. The molecule has 0 unspecified atom stereocenters. The van der Waals surface area contributed by atoms with Crippen LogP contribution in [0.5, 0.6) is 0 Å². The second-order valence-corrected chi connectivity index (χ2v) is 8.87. The normalized spacial score (nSPS) is 22.4. The lowest BCUT2D eigenvalue weighted by Crippen LogP contribution is -2.49. The smallest absolute Gasteiger partial charge is 0.264 e. The predicted molar refractivity (Wildman–Crippen MR) is 121 cm³/mol. The Morgan fingerprint density at radius 1 is 1.00 bits per heavy atom. The Kier molecular flexibility index (Phi) is 4.89. The highest BCUT2D eigenvalue weighted by molar-refractivity contribution is 6.31. The molecule has 31 heavy (non-hydrogen) atoms. The summed E-state index contributed by atoms with van der Waals surface area (Å²) in [6, 6.07) is 19.6. The third kappa shape index (κ3) is 3.09. The van der Waals surface area contributed by atoms with Gasteiger partial charge in [0.25, 0.3) is 5.91 Å². The molecule has 1 N–H and O–H groups in total. The minimum Gasteiger partial charge on any atom is -0.375 e. The topological polar surface area (TPSA) is 57.6 Å². The van der Waals surface area contributed by atoms with Crippen LogP contribution in [0.25, 0.3) is 0 Å². The third-order valence-electron chi connectivity index (χ3n) is 6.32. The molecular weight excluding hydrogens is 433 g/mol. The van der Waals surface area contributed by atoms with Crippen LogP contribution in [-0.2, 0) is 23.4 Å². The van der Waals surface area contributed by atoms with E-state index >= 15 is 0 Å². The van der Waals surface area contributed by atoms with Crippen LogP contribution < -0.4 is 4.90 Å². The Balaban J connectivity index is 1.61. The van der Waals surface area contributed by atoms with Gasteiger partial charge in [-0.3, -0.25) is 9.59 Å². The fraction of sp³-hybridized carbons (Fsp3) is 0.200. The number of ketones is 1. The maximum absolute atomic E-state index is 13.7. The number of benzene rings is 3. The van der Waals surface area contributed by atoms with E-state index in [0.717, 1.165) is 11.1 Å². The van der Waals surface area contributed by atoms with Crippen molar-refractivity contribution in [3.05, 3.63) is 99.0 Å². The first-order valence-electron chi connectivity index (χ1n) is 10.1. The summed E-state index contributed by atoms with van der Waals surface area (Å²) in [7, 11) is 0. The molecule has 6 heteroatoms. The summed E-state index contributed by atoms with van der Waals surface area (Å²) in [5.41, 5.74) is 1.19. The highest BCUT2D eigenvalue weighted by Gasteiger charge is 2.57. The van der Waals surface area contributed by atoms with Crippen molar-refractivity contribution in [1.29, 1.82) is 0 Å². The van der Waals surface area contributed by atoms with Crippen molar-refractivity contribution >= 4 is 40.6 Å². The van der Waals surface area contributed by atoms with E-state index in [1.54, 1.807) is 36.4 Å². The summed E-state index contributed by atoms with van der Waals surface area (Å²) < 4.78 is 0. The van der Waals surface area contributed by atoms with E-state index in [1.165, 1.54) is 4.90 Å². The van der Waals surface area contributed by atoms with Crippen molar-refractivity contribution in [3.63, 3.8) is 0 Å². The van der Waals surface area contributed by atoms with Gasteiger partial charge < -0.3 is 10.0 Å². The van der Waals surface area contributed by atoms with Gasteiger partial charge in [-0.1, -0.05) is 65.7 Å². The maximum atomic E-state index is 13.7. The van der Waals surface area contributed by atoms with Crippen LogP contribution in [0.2, 0.25) is 10.0 Å². The summed E-state index contributed by atoms with van der Waals surface area (Å²) in [5, 5.41) is 12.8. The molecule has 1 aliphatic carbocycles. The molecule has 0 bridgehead atoms. The van der Waals surface area contributed by atoms with E-state index in [9.17, 15) is 14.7 Å². The number of rotatable bonds is 3. The molecule has 1 heterocycles. The molecule has 0 fully saturated rings. The van der Waals surface area contributed by atoms with Gasteiger partial charge in [0.15, 0.2) is 11.4 Å². The molecule has 0 radical (unpaired) electrons. The monoisotopic (exact) mass is 451 g/mol. The molecule has 5 rings (SSSR count). The van der Waals surface area contributed by atoms with Crippen LogP contribution in [0.15, 0.2) is 66.7 Å². The van der Waals surface area contributed by atoms with Gasteiger partial charge in [-0.15, -0.1) is 0 Å². The summed E-state index contributed by atoms with van der Waals surface area (Å²) >= 11 is 12.6. The first-order valence-corrected chi connectivity index (χ1v) is 10.9. The first-order chi connectivity index (χ1) is 14.9. The fourth-order valence-electron chi connectivity index (χ4n) is 4.77. The molecule has 156 valence electrons. The molecule has 2 aliphatic rings. The number of hydrogen-bond donors (Lipinski definition) is 1. The van der Waals surface area contributed by atoms with E-state index in [4.69, 9.17) is 23.2 Å². The van der Waals surface area contributed by atoms with Gasteiger partial charge in [0, 0.05) is 21.2 Å². The number of Topliss-reactive ketones (excluding diaryl/α,β-unsaturated/α-hetero) is 1. The van der Waals surface area contributed by atoms with Crippen molar-refractivity contribution < 1.29 is 14.7 Å². The van der Waals surface area contributed by atoms with Crippen LogP contribution in [0.4, 0.5) is 5.69 Å². The van der Waals surface area contributed by atoms with E-state index < -0.39 is 17.4 Å². The Morgan fingerprint density at radius 2 is 1.74 bits per heavy atom. The zero-order valence-corrected chi connectivity index (χ0v) is 18.0. The Labute approximate surface area is 190 Å². The largest absolute Gasteiger partial charge is 0.375 e. The average Bonchev–Trinajstić information content (AvgIpc) is 2.98. The number of anilines is 1. The average molecular weight is 452 g/mol. The molecule has 3 aromatic rings. The Morgan fingerprint density at radius 3 is 2.55 bits per heavy atom. The third-order valence-corrected chi connectivity index (χ3v) is 6.93. The molecule has 0 spiro atoms. The van der Waals surface area contributed by atoms with Gasteiger partial charge in [-0.2, -0.15) is 0 Å². The highest BCUT2D eigenvalue weighted by Crippen LogP contribution is 2.49. The molecule has 1 aliphatic heterocycles. The number of carbonyl (C=O) groups excluding carboxylic acids is 2. The van der Waals surface area contributed by atoms with Gasteiger partial charge >= 0.3 is 0 Å². The second-order valence-electron chi connectivity index (χ2n) is 8.02. The van der Waals surface area contributed by atoms with Gasteiger partial charge in [0.05, 0.1) is 18.2 Å². The van der Waals surface area contributed by atoms with Gasteiger partial charge in [-0.05, 0) is 48.2 Å². The van der Waals surface area contributed by atoms with Crippen LogP contribution in [0, 0.1) is 5.92 Å². The molecular formula is C25H19Cl2NO3. The number of amides is 1. The number of aryl methyl sites for hydroxylation is 1. The zero-order chi connectivity index (χ0) is 21.8. The van der Waals surface area contributed by atoms with Crippen molar-refractivity contribution in [2.24, 2.45) is 5.92 Å².